The number of hydrogen-bond acceptors (Lipinski definition) is 10. The van der Waals surface area contributed by atoms with Gasteiger partial charge in [0.2, 0.25) is 15.9 Å². The minimum atomic E-state index is -3.87. The lowest BCUT2D eigenvalue weighted by atomic mass is 10.1. The van der Waals surface area contributed by atoms with E-state index >= 15 is 0 Å². The monoisotopic (exact) mass is 552 g/mol. The molecule has 0 saturated carbocycles. The number of sulfonamides is 1. The second kappa shape index (κ2) is 10.2. The van der Waals surface area contributed by atoms with Crippen LogP contribution in [0.25, 0.3) is 5.69 Å². The average Bonchev–Trinajstić information content (AvgIpc) is 3.72. The zero-order valence-electron chi connectivity index (χ0n) is 20.6. The number of imidazole rings is 1. The maximum atomic E-state index is 13.0. The Morgan fingerprint density at radius 3 is 2.54 bits per heavy atom. The first-order valence-corrected chi connectivity index (χ1v) is 13.5. The molecule has 2 aromatic carbocycles. The van der Waals surface area contributed by atoms with Crippen LogP contribution in [0.4, 0.5) is 5.69 Å². The van der Waals surface area contributed by atoms with E-state index in [-0.39, 0.29) is 30.0 Å². The largest absolute Gasteiger partial charge is 0.423 e. The van der Waals surface area contributed by atoms with Crippen LogP contribution in [0.3, 0.4) is 0 Å². The molecule has 2 saturated heterocycles. The third kappa shape index (κ3) is 5.12. The van der Waals surface area contributed by atoms with Gasteiger partial charge in [-0.15, -0.1) is 0 Å². The molecule has 2 aliphatic heterocycles. The molecule has 15 heteroatoms. The number of fused-ring (bicyclic) bond motifs is 1. The topological polar surface area (TPSA) is 164 Å². The van der Waals surface area contributed by atoms with Crippen LogP contribution in [-0.4, -0.2) is 75.5 Å². The van der Waals surface area contributed by atoms with Gasteiger partial charge in [0.25, 0.3) is 0 Å². The molecule has 0 radical (unpaired) electrons. The Labute approximate surface area is 222 Å². The smallest absolute Gasteiger partial charge is 0.341 e. The summed E-state index contributed by atoms with van der Waals surface area (Å²) < 4.78 is 49.9. The Kier molecular flexibility index (Phi) is 6.56. The molecule has 0 aliphatic carbocycles. The molecule has 2 aliphatic rings. The molecule has 0 bridgehead atoms. The fourth-order valence-electron chi connectivity index (χ4n) is 4.64. The number of carbonyl (C=O) groups excluding carboxylic acids is 1. The van der Waals surface area contributed by atoms with Gasteiger partial charge in [0.05, 0.1) is 30.5 Å². The van der Waals surface area contributed by atoms with Gasteiger partial charge >= 0.3 is 6.01 Å². The summed E-state index contributed by atoms with van der Waals surface area (Å²) in [4.78, 5) is 15.3. The Morgan fingerprint density at radius 2 is 1.82 bits per heavy atom. The van der Waals surface area contributed by atoms with Gasteiger partial charge in [-0.2, -0.15) is 4.68 Å². The molecule has 2 aromatic heterocycles. The molecule has 2 N–H and O–H groups in total. The zero-order valence-corrected chi connectivity index (χ0v) is 21.4. The van der Waals surface area contributed by atoms with Crippen LogP contribution in [0.1, 0.15) is 13.0 Å². The SMILES string of the molecule is CC(=O)Nc1ccc(S(=O)(=O)N[C@H]2CO[C@H]3[C@@H]2OC[C@@H]3n2nnnc2Oc2ccc(-n3ccnc3)cc2)cc1. The molecule has 4 atom stereocenters. The van der Waals surface area contributed by atoms with Gasteiger partial charge in [0.1, 0.15) is 24.0 Å². The molecule has 14 nitrogen and oxygen atoms in total. The molecule has 4 heterocycles. The molecule has 202 valence electrons. The van der Waals surface area contributed by atoms with Crippen molar-refractivity contribution < 1.29 is 27.4 Å². The predicted octanol–water partition coefficient (Wildman–Crippen LogP) is 1.30. The number of tetrazole rings is 1. The zero-order chi connectivity index (χ0) is 27.0. The second-order valence-electron chi connectivity index (χ2n) is 9.07. The minimum absolute atomic E-state index is 0.0600. The minimum Gasteiger partial charge on any atom is -0.423 e. The lowest BCUT2D eigenvalue weighted by molar-refractivity contribution is -0.114. The lowest BCUT2D eigenvalue weighted by Gasteiger charge is -2.18. The summed E-state index contributed by atoms with van der Waals surface area (Å²) in [6.07, 6.45) is 4.20. The Hall–Kier alpha value is -4.18. The van der Waals surface area contributed by atoms with Gasteiger partial charge in [-0.05, 0) is 59.0 Å². The number of carbonyl (C=O) groups is 1. The molecule has 1 amide bonds. The lowest BCUT2D eigenvalue weighted by Crippen LogP contribution is -2.44. The fourth-order valence-corrected chi connectivity index (χ4v) is 5.87. The van der Waals surface area contributed by atoms with Crippen molar-refractivity contribution in [3.8, 4) is 17.4 Å². The highest BCUT2D eigenvalue weighted by Gasteiger charge is 2.50. The third-order valence-corrected chi connectivity index (χ3v) is 7.95. The standard InChI is InChI=1S/C24H24N8O6S/c1-15(33)26-16-2-8-19(9-3-16)39(34,35)28-20-12-36-23-21(13-37-22(20)23)32-24(27-29-30-32)38-18-6-4-17(5-7-18)31-11-10-25-14-31/h2-11,14,20-23,28H,12-13H2,1H3,(H,26,33)/t20-,21-,22+,23+/m0/s1. The van der Waals surface area contributed by atoms with E-state index in [0.29, 0.717) is 11.4 Å². The maximum Gasteiger partial charge on any atom is 0.341 e. The summed E-state index contributed by atoms with van der Waals surface area (Å²) in [7, 11) is -3.87. The van der Waals surface area contributed by atoms with Crippen molar-refractivity contribution >= 4 is 21.6 Å². The number of rotatable bonds is 8. The van der Waals surface area contributed by atoms with E-state index < -0.39 is 34.3 Å². The molecule has 4 aromatic rings. The number of anilines is 1. The Balaban J connectivity index is 1.12. The van der Waals surface area contributed by atoms with E-state index in [1.54, 1.807) is 24.7 Å². The van der Waals surface area contributed by atoms with E-state index in [2.05, 4.69) is 30.5 Å². The maximum absolute atomic E-state index is 13.0. The summed E-state index contributed by atoms with van der Waals surface area (Å²) in [5.41, 5.74) is 1.42. The first-order chi connectivity index (χ1) is 18.9. The van der Waals surface area contributed by atoms with Gasteiger partial charge in [0, 0.05) is 30.7 Å². The highest BCUT2D eigenvalue weighted by Crippen LogP contribution is 2.36. The summed E-state index contributed by atoms with van der Waals surface area (Å²) in [5.74, 6) is 0.290. The van der Waals surface area contributed by atoms with Crippen molar-refractivity contribution in [2.75, 3.05) is 18.5 Å². The van der Waals surface area contributed by atoms with E-state index in [1.165, 1.54) is 35.9 Å². The molecule has 0 spiro atoms. The molecule has 39 heavy (non-hydrogen) atoms. The number of hydrogen-bond donors (Lipinski definition) is 2. The number of nitrogens with zero attached hydrogens (tertiary/aromatic N) is 6. The van der Waals surface area contributed by atoms with E-state index in [9.17, 15) is 13.2 Å². The van der Waals surface area contributed by atoms with Gasteiger partial charge in [-0.25, -0.2) is 18.1 Å². The van der Waals surface area contributed by atoms with Gasteiger partial charge < -0.3 is 24.1 Å². The van der Waals surface area contributed by atoms with E-state index in [0.717, 1.165) is 5.69 Å². The number of aromatic nitrogens is 6. The van der Waals surface area contributed by atoms with Crippen LogP contribution >= 0.6 is 0 Å². The van der Waals surface area contributed by atoms with E-state index in [1.807, 2.05) is 22.9 Å². The van der Waals surface area contributed by atoms with Crippen LogP contribution in [-0.2, 0) is 24.3 Å². The van der Waals surface area contributed by atoms with Crippen molar-refractivity contribution in [3.63, 3.8) is 0 Å². The fraction of sp³-hybridized carbons (Fsp3) is 0.292. The normalized spacial score (nSPS) is 22.5. The Morgan fingerprint density at radius 1 is 1.05 bits per heavy atom. The van der Waals surface area contributed by atoms with Crippen LogP contribution in [0, 0.1) is 0 Å². The van der Waals surface area contributed by atoms with Gasteiger partial charge in [-0.1, -0.05) is 5.10 Å². The van der Waals surface area contributed by atoms with Crippen LogP contribution in [0.5, 0.6) is 11.8 Å². The van der Waals surface area contributed by atoms with Crippen molar-refractivity contribution in [2.45, 2.75) is 36.1 Å². The van der Waals surface area contributed by atoms with Crippen molar-refractivity contribution in [3.05, 3.63) is 67.3 Å². The first kappa shape index (κ1) is 25.1. The molecule has 2 fully saturated rings. The summed E-state index contributed by atoms with van der Waals surface area (Å²) in [6, 6.07) is 12.4. The number of ether oxygens (including phenoxy) is 3. The first-order valence-electron chi connectivity index (χ1n) is 12.0. The quantitative estimate of drug-likeness (QED) is 0.325. The van der Waals surface area contributed by atoms with Crippen LogP contribution < -0.4 is 14.8 Å². The molecular weight excluding hydrogens is 528 g/mol. The number of amides is 1. The summed E-state index contributed by atoms with van der Waals surface area (Å²) in [5, 5.41) is 14.4. The molecule has 6 rings (SSSR count). The average molecular weight is 553 g/mol. The predicted molar refractivity (Wildman–Crippen MR) is 135 cm³/mol. The third-order valence-electron chi connectivity index (χ3n) is 6.44. The van der Waals surface area contributed by atoms with Crippen molar-refractivity contribution in [1.29, 1.82) is 0 Å². The second-order valence-corrected chi connectivity index (χ2v) is 10.8. The Bertz CT molecular complexity index is 1560. The van der Waals surface area contributed by atoms with Crippen molar-refractivity contribution in [2.24, 2.45) is 0 Å². The van der Waals surface area contributed by atoms with Gasteiger partial charge in [-0.3, -0.25) is 4.79 Å². The summed E-state index contributed by atoms with van der Waals surface area (Å²) in [6.45, 7) is 1.70. The van der Waals surface area contributed by atoms with Gasteiger partial charge in [0.15, 0.2) is 0 Å². The summed E-state index contributed by atoms with van der Waals surface area (Å²) >= 11 is 0. The highest BCUT2D eigenvalue weighted by atomic mass is 32.2. The van der Waals surface area contributed by atoms with E-state index in [4.69, 9.17) is 14.2 Å². The number of benzene rings is 2. The number of nitrogens with one attached hydrogen (secondary N) is 2. The molecule has 0 unspecified atom stereocenters. The highest BCUT2D eigenvalue weighted by molar-refractivity contribution is 7.89. The molecular formula is C24H24N8O6S. The van der Waals surface area contributed by atoms with Crippen molar-refractivity contribution in [1.82, 2.24) is 34.5 Å². The van der Waals surface area contributed by atoms with Crippen LogP contribution in [0.15, 0.2) is 72.1 Å². The van der Waals surface area contributed by atoms with Crippen LogP contribution in [0.2, 0.25) is 0 Å².